The smallest absolute Gasteiger partial charge is 0.267 e. The molecule has 0 aliphatic rings. The first-order valence-electron chi connectivity index (χ1n) is 6.05. The van der Waals surface area contributed by atoms with Gasteiger partial charge in [-0.3, -0.25) is 9.48 Å². The van der Waals surface area contributed by atoms with E-state index in [1.54, 1.807) is 17.9 Å². The van der Waals surface area contributed by atoms with E-state index < -0.39 is 0 Å². The molecule has 0 amide bonds. The van der Waals surface area contributed by atoms with Gasteiger partial charge < -0.3 is 4.74 Å². The fraction of sp³-hybridized carbons (Fsp3) is 0.250. The lowest BCUT2D eigenvalue weighted by Crippen LogP contribution is -2.23. The predicted molar refractivity (Wildman–Crippen MR) is 75.5 cm³/mol. The van der Waals surface area contributed by atoms with Crippen molar-refractivity contribution in [2.45, 2.75) is 6.54 Å². The normalized spacial score (nSPS) is 11.0. The Morgan fingerprint density at radius 2 is 2.14 bits per heavy atom. The van der Waals surface area contributed by atoms with Gasteiger partial charge in [0.2, 0.25) is 5.88 Å². The summed E-state index contributed by atoms with van der Waals surface area (Å²) >= 11 is 6.10. The van der Waals surface area contributed by atoms with E-state index in [2.05, 4.69) is 20.2 Å². The molecule has 0 N–H and O–H groups in total. The van der Waals surface area contributed by atoms with Crippen molar-refractivity contribution in [3.05, 3.63) is 39.7 Å². The molecule has 108 valence electrons. The lowest BCUT2D eigenvalue weighted by atomic mass is 10.4. The Morgan fingerprint density at radius 3 is 2.90 bits per heavy atom. The molecule has 0 spiro atoms. The van der Waals surface area contributed by atoms with Crippen LogP contribution in [0.4, 0.5) is 0 Å². The molecule has 0 bridgehead atoms. The lowest BCUT2D eigenvalue weighted by Gasteiger charge is -2.06. The van der Waals surface area contributed by atoms with E-state index in [-0.39, 0.29) is 12.1 Å². The van der Waals surface area contributed by atoms with Crippen molar-refractivity contribution in [1.29, 1.82) is 0 Å². The van der Waals surface area contributed by atoms with Crippen molar-refractivity contribution in [2.75, 3.05) is 7.11 Å². The first-order chi connectivity index (χ1) is 10.1. The molecule has 0 unspecified atom stereocenters. The molecule has 0 aliphatic carbocycles. The van der Waals surface area contributed by atoms with Crippen LogP contribution >= 0.6 is 11.6 Å². The molecule has 0 aromatic carbocycles. The van der Waals surface area contributed by atoms with E-state index in [9.17, 15) is 4.79 Å². The Labute approximate surface area is 124 Å². The topological polar surface area (TPSA) is 87.7 Å². The van der Waals surface area contributed by atoms with Crippen molar-refractivity contribution in [2.24, 2.45) is 7.05 Å². The zero-order valence-corrected chi connectivity index (χ0v) is 12.1. The summed E-state index contributed by atoms with van der Waals surface area (Å²) in [6.45, 7) is 0.0941. The lowest BCUT2D eigenvalue weighted by molar-refractivity contribution is 0.378. The highest BCUT2D eigenvalue weighted by molar-refractivity contribution is 6.33. The van der Waals surface area contributed by atoms with E-state index in [0.29, 0.717) is 27.9 Å². The Kier molecular flexibility index (Phi) is 3.30. The summed E-state index contributed by atoms with van der Waals surface area (Å²) in [7, 11) is 3.23. The maximum atomic E-state index is 11.8. The molecule has 0 saturated heterocycles. The van der Waals surface area contributed by atoms with Crippen molar-refractivity contribution in [3.8, 4) is 5.88 Å². The summed E-state index contributed by atoms with van der Waals surface area (Å²) < 4.78 is 7.80. The number of nitrogens with zero attached hydrogens (tertiary/aromatic N) is 6. The third-order valence-corrected chi connectivity index (χ3v) is 3.22. The van der Waals surface area contributed by atoms with Crippen LogP contribution < -0.4 is 10.3 Å². The van der Waals surface area contributed by atoms with Gasteiger partial charge in [0.25, 0.3) is 5.56 Å². The predicted octanol–water partition coefficient (Wildman–Crippen LogP) is 0.630. The summed E-state index contributed by atoms with van der Waals surface area (Å²) in [5.74, 6) is 0.710. The van der Waals surface area contributed by atoms with Gasteiger partial charge in [-0.2, -0.15) is 5.10 Å². The molecule has 21 heavy (non-hydrogen) atoms. The van der Waals surface area contributed by atoms with E-state index in [0.717, 1.165) is 0 Å². The molecule has 0 fully saturated rings. The third kappa shape index (κ3) is 2.45. The Morgan fingerprint density at radius 1 is 1.33 bits per heavy atom. The number of hydrogen-bond acceptors (Lipinski definition) is 6. The van der Waals surface area contributed by atoms with Gasteiger partial charge in [0.05, 0.1) is 18.7 Å². The summed E-state index contributed by atoms with van der Waals surface area (Å²) in [6, 6.07) is 2.87. The first-order valence-corrected chi connectivity index (χ1v) is 6.42. The van der Waals surface area contributed by atoms with Gasteiger partial charge in [0, 0.05) is 19.2 Å². The summed E-state index contributed by atoms with van der Waals surface area (Å²) in [4.78, 5) is 20.3. The molecule has 3 heterocycles. The standard InChI is InChI=1S/C12H11ClN6O2/c1-18-12-7(5-14-18)11(13)15-8(16-12)6-19-10(20)4-3-9(17-19)21-2/h3-5H,6H2,1-2H3. The highest BCUT2D eigenvalue weighted by Gasteiger charge is 2.11. The average molecular weight is 307 g/mol. The minimum Gasteiger partial charge on any atom is -0.480 e. The van der Waals surface area contributed by atoms with Gasteiger partial charge in [-0.25, -0.2) is 14.6 Å². The van der Waals surface area contributed by atoms with Crippen LogP contribution in [0, 0.1) is 0 Å². The number of aryl methyl sites for hydroxylation is 1. The highest BCUT2D eigenvalue weighted by atomic mass is 35.5. The maximum absolute atomic E-state index is 11.8. The molecule has 8 nitrogen and oxygen atoms in total. The van der Waals surface area contributed by atoms with Gasteiger partial charge in [0.15, 0.2) is 11.5 Å². The molecule has 0 atom stereocenters. The van der Waals surface area contributed by atoms with Crippen LogP contribution in [-0.2, 0) is 13.6 Å². The van der Waals surface area contributed by atoms with Crippen LogP contribution in [0.15, 0.2) is 23.1 Å². The third-order valence-electron chi connectivity index (χ3n) is 2.93. The fourth-order valence-corrected chi connectivity index (χ4v) is 2.12. The average Bonchev–Trinajstić information content (AvgIpc) is 2.84. The Hall–Kier alpha value is -2.48. The molecule has 0 radical (unpaired) electrons. The van der Waals surface area contributed by atoms with Crippen molar-refractivity contribution in [1.82, 2.24) is 29.5 Å². The number of halogens is 1. The van der Waals surface area contributed by atoms with Crippen LogP contribution in [0.1, 0.15) is 5.82 Å². The SMILES string of the molecule is COc1ccc(=O)n(Cc2nc(Cl)c3cnn(C)c3n2)n1. The second-order valence-corrected chi connectivity index (χ2v) is 4.67. The van der Waals surface area contributed by atoms with E-state index >= 15 is 0 Å². The van der Waals surface area contributed by atoms with Gasteiger partial charge in [-0.05, 0) is 0 Å². The van der Waals surface area contributed by atoms with Crippen molar-refractivity contribution < 1.29 is 4.74 Å². The van der Waals surface area contributed by atoms with Crippen LogP contribution in [0.5, 0.6) is 5.88 Å². The van der Waals surface area contributed by atoms with Gasteiger partial charge in [0.1, 0.15) is 11.7 Å². The molecule has 3 aromatic heterocycles. The van der Waals surface area contributed by atoms with Gasteiger partial charge in [-0.1, -0.05) is 11.6 Å². The zero-order valence-electron chi connectivity index (χ0n) is 11.3. The molecule has 0 saturated carbocycles. The second-order valence-electron chi connectivity index (χ2n) is 4.31. The molecule has 3 rings (SSSR count). The van der Waals surface area contributed by atoms with Crippen LogP contribution in [0.3, 0.4) is 0 Å². The molecule has 0 aliphatic heterocycles. The van der Waals surface area contributed by atoms with E-state index in [1.165, 1.54) is 23.9 Å². The van der Waals surface area contributed by atoms with Crippen LogP contribution in [0.25, 0.3) is 11.0 Å². The summed E-state index contributed by atoms with van der Waals surface area (Å²) in [5, 5.41) is 9.07. The first kappa shape index (κ1) is 13.5. The quantitative estimate of drug-likeness (QED) is 0.660. The number of rotatable bonds is 3. The molecular formula is C12H11ClN6O2. The number of hydrogen-bond donors (Lipinski definition) is 0. The second kappa shape index (κ2) is 5.13. The number of fused-ring (bicyclic) bond motifs is 1. The van der Waals surface area contributed by atoms with Gasteiger partial charge >= 0.3 is 0 Å². The molecule has 3 aromatic rings. The van der Waals surface area contributed by atoms with E-state index in [4.69, 9.17) is 16.3 Å². The number of methoxy groups -OCH3 is 1. The van der Waals surface area contributed by atoms with E-state index in [1.807, 2.05) is 0 Å². The van der Waals surface area contributed by atoms with Crippen LogP contribution in [0.2, 0.25) is 5.15 Å². The van der Waals surface area contributed by atoms with Crippen molar-refractivity contribution >= 4 is 22.6 Å². The number of ether oxygens (including phenoxy) is 1. The Bertz CT molecular complexity index is 872. The minimum atomic E-state index is -0.277. The maximum Gasteiger partial charge on any atom is 0.267 e. The highest BCUT2D eigenvalue weighted by Crippen LogP contribution is 2.19. The number of aromatic nitrogens is 6. The van der Waals surface area contributed by atoms with Gasteiger partial charge in [-0.15, -0.1) is 5.10 Å². The summed E-state index contributed by atoms with van der Waals surface area (Å²) in [6.07, 6.45) is 1.59. The summed E-state index contributed by atoms with van der Waals surface area (Å²) in [5.41, 5.74) is 0.321. The molecule has 9 heteroatoms. The minimum absolute atomic E-state index is 0.0941. The molecular weight excluding hydrogens is 296 g/mol. The monoisotopic (exact) mass is 306 g/mol. The Balaban J connectivity index is 2.05. The largest absolute Gasteiger partial charge is 0.480 e. The fourth-order valence-electron chi connectivity index (χ4n) is 1.89. The van der Waals surface area contributed by atoms with Crippen LogP contribution in [-0.4, -0.2) is 36.6 Å². The van der Waals surface area contributed by atoms with Crippen molar-refractivity contribution in [3.63, 3.8) is 0 Å². The zero-order chi connectivity index (χ0) is 15.0.